The third-order valence-electron chi connectivity index (χ3n) is 2.28. The number of benzene rings is 1. The molecule has 0 heterocycles. The number of carbonyl (C=O) groups is 1. The van der Waals surface area contributed by atoms with Gasteiger partial charge in [-0.05, 0) is 6.42 Å². The number of aliphatic carboxylic acids is 1. The first-order valence-corrected chi connectivity index (χ1v) is 4.60. The molecule has 6 heteroatoms. The minimum Gasteiger partial charge on any atom is -0.478 e. The Morgan fingerprint density at radius 1 is 1.12 bits per heavy atom. The van der Waals surface area contributed by atoms with Crippen LogP contribution in [0, 0.1) is 23.3 Å². The molecule has 0 aliphatic rings. The summed E-state index contributed by atoms with van der Waals surface area (Å²) < 4.78 is 52.6. The summed E-state index contributed by atoms with van der Waals surface area (Å²) >= 11 is 0. The summed E-state index contributed by atoms with van der Waals surface area (Å²) in [6.45, 7) is 4.37. The van der Waals surface area contributed by atoms with Crippen LogP contribution in [-0.4, -0.2) is 11.1 Å². The minimum atomic E-state index is -2.04. The van der Waals surface area contributed by atoms with Gasteiger partial charge in [-0.3, -0.25) is 0 Å². The van der Waals surface area contributed by atoms with Crippen molar-refractivity contribution in [1.29, 1.82) is 0 Å². The predicted octanol–water partition coefficient (Wildman–Crippen LogP) is 2.90. The molecule has 1 rings (SSSR count). The van der Waals surface area contributed by atoms with Crippen molar-refractivity contribution < 1.29 is 27.5 Å². The first-order valence-electron chi connectivity index (χ1n) is 4.60. The normalized spacial score (nSPS) is 10.4. The van der Waals surface area contributed by atoms with Gasteiger partial charge in [0.2, 0.25) is 0 Å². The van der Waals surface area contributed by atoms with E-state index in [1.54, 1.807) is 0 Å². The Bertz CT molecular complexity index is 509. The van der Waals surface area contributed by atoms with Gasteiger partial charge in [-0.15, -0.1) is 0 Å². The Balaban J connectivity index is 3.70. The monoisotopic (exact) mass is 248 g/mol. The van der Waals surface area contributed by atoms with Crippen molar-refractivity contribution in [3.8, 4) is 0 Å². The minimum absolute atomic E-state index is 0.193. The zero-order chi connectivity index (χ0) is 13.3. The van der Waals surface area contributed by atoms with Gasteiger partial charge in [0.05, 0.1) is 5.57 Å². The Morgan fingerprint density at radius 3 is 2.00 bits per heavy atom. The number of hydrogen-bond donors (Lipinski definition) is 1. The van der Waals surface area contributed by atoms with Crippen LogP contribution in [0.5, 0.6) is 0 Å². The summed E-state index contributed by atoms with van der Waals surface area (Å²) in [6.07, 6.45) is -0.193. The third-order valence-corrected chi connectivity index (χ3v) is 2.28. The summed E-state index contributed by atoms with van der Waals surface area (Å²) in [4.78, 5) is 10.6. The van der Waals surface area contributed by atoms with Gasteiger partial charge in [-0.2, -0.15) is 0 Å². The maximum Gasteiger partial charge on any atom is 0.335 e. The zero-order valence-electron chi connectivity index (χ0n) is 8.78. The summed E-state index contributed by atoms with van der Waals surface area (Å²) in [5, 5.41) is 8.63. The quantitative estimate of drug-likeness (QED) is 0.386. The molecule has 1 aromatic rings. The van der Waals surface area contributed by atoms with Crippen LogP contribution in [0.25, 0.3) is 5.57 Å². The first kappa shape index (κ1) is 13.2. The Morgan fingerprint density at radius 2 is 1.59 bits per heavy atom. The van der Waals surface area contributed by atoms with Crippen LogP contribution < -0.4 is 0 Å². The van der Waals surface area contributed by atoms with E-state index in [1.165, 1.54) is 6.92 Å². The van der Waals surface area contributed by atoms with Crippen LogP contribution in [0.2, 0.25) is 0 Å². The molecule has 0 amide bonds. The fourth-order valence-electron chi connectivity index (χ4n) is 1.43. The zero-order valence-corrected chi connectivity index (χ0v) is 8.78. The highest BCUT2D eigenvalue weighted by molar-refractivity contribution is 6.15. The van der Waals surface area contributed by atoms with Gasteiger partial charge in [0.25, 0.3) is 0 Å². The Labute approximate surface area is 94.2 Å². The van der Waals surface area contributed by atoms with E-state index >= 15 is 0 Å². The topological polar surface area (TPSA) is 37.3 Å². The van der Waals surface area contributed by atoms with Crippen LogP contribution in [0.4, 0.5) is 17.6 Å². The standard InChI is InChI=1S/C11H8F4O2/c1-3-5-6(4(2)11(16)17)8(13)10(15)9(14)7(5)12/h2-3H2,1H3,(H,16,17). The van der Waals surface area contributed by atoms with Crippen molar-refractivity contribution in [2.24, 2.45) is 0 Å². The van der Waals surface area contributed by atoms with Gasteiger partial charge in [-0.25, -0.2) is 22.4 Å². The maximum absolute atomic E-state index is 13.4. The summed E-state index contributed by atoms with van der Waals surface area (Å²) in [6, 6.07) is 0. The average molecular weight is 248 g/mol. The molecule has 0 aromatic heterocycles. The SMILES string of the molecule is C=C(C(=O)O)c1c(F)c(F)c(F)c(F)c1CC. The molecular weight excluding hydrogens is 240 g/mol. The summed E-state index contributed by atoms with van der Waals surface area (Å²) in [7, 11) is 0. The van der Waals surface area contributed by atoms with E-state index in [4.69, 9.17) is 5.11 Å². The lowest BCUT2D eigenvalue weighted by molar-refractivity contribution is -0.130. The van der Waals surface area contributed by atoms with Gasteiger partial charge in [0, 0.05) is 11.1 Å². The maximum atomic E-state index is 13.4. The molecule has 1 N–H and O–H groups in total. The van der Waals surface area contributed by atoms with Crippen LogP contribution >= 0.6 is 0 Å². The molecule has 17 heavy (non-hydrogen) atoms. The second kappa shape index (κ2) is 4.57. The van der Waals surface area contributed by atoms with E-state index in [2.05, 4.69) is 6.58 Å². The average Bonchev–Trinajstić information content (AvgIpc) is 2.29. The second-order valence-electron chi connectivity index (χ2n) is 3.25. The smallest absolute Gasteiger partial charge is 0.335 e. The first-order chi connectivity index (χ1) is 7.82. The van der Waals surface area contributed by atoms with Gasteiger partial charge in [-0.1, -0.05) is 13.5 Å². The highest BCUT2D eigenvalue weighted by atomic mass is 19.2. The van der Waals surface area contributed by atoms with Gasteiger partial charge >= 0.3 is 5.97 Å². The molecule has 0 saturated carbocycles. The lowest BCUT2D eigenvalue weighted by atomic mass is 9.97. The van der Waals surface area contributed by atoms with E-state index in [0.717, 1.165) is 0 Å². The van der Waals surface area contributed by atoms with Crippen LogP contribution in [0.3, 0.4) is 0 Å². The fraction of sp³-hybridized carbons (Fsp3) is 0.182. The number of carboxylic acid groups (broad SMARTS) is 1. The summed E-state index contributed by atoms with van der Waals surface area (Å²) in [5.41, 5.74) is -2.21. The van der Waals surface area contributed by atoms with E-state index in [0.29, 0.717) is 0 Å². The molecular formula is C11H8F4O2. The lowest BCUT2D eigenvalue weighted by Gasteiger charge is -2.11. The number of rotatable bonds is 3. The van der Waals surface area contributed by atoms with Crippen molar-refractivity contribution in [3.05, 3.63) is 41.0 Å². The van der Waals surface area contributed by atoms with Gasteiger partial charge in [0.15, 0.2) is 23.3 Å². The van der Waals surface area contributed by atoms with Crippen molar-refractivity contribution >= 4 is 11.5 Å². The van der Waals surface area contributed by atoms with E-state index in [9.17, 15) is 22.4 Å². The van der Waals surface area contributed by atoms with Crippen LogP contribution in [0.15, 0.2) is 6.58 Å². The number of halogens is 4. The van der Waals surface area contributed by atoms with E-state index < -0.39 is 45.9 Å². The second-order valence-corrected chi connectivity index (χ2v) is 3.25. The van der Waals surface area contributed by atoms with Gasteiger partial charge in [0.1, 0.15) is 0 Å². The highest BCUT2D eigenvalue weighted by Crippen LogP contribution is 2.29. The predicted molar refractivity (Wildman–Crippen MR) is 52.3 cm³/mol. The molecule has 0 unspecified atom stereocenters. The Hall–Kier alpha value is -1.85. The highest BCUT2D eigenvalue weighted by Gasteiger charge is 2.27. The third kappa shape index (κ3) is 2.02. The molecule has 92 valence electrons. The molecule has 0 spiro atoms. The molecule has 0 bridgehead atoms. The van der Waals surface area contributed by atoms with Crippen LogP contribution in [-0.2, 0) is 11.2 Å². The van der Waals surface area contributed by atoms with E-state index in [1.807, 2.05) is 0 Å². The van der Waals surface area contributed by atoms with Crippen molar-refractivity contribution in [2.45, 2.75) is 13.3 Å². The molecule has 0 atom stereocenters. The Kier molecular flexibility index (Phi) is 3.55. The van der Waals surface area contributed by atoms with E-state index in [-0.39, 0.29) is 6.42 Å². The molecule has 1 aromatic carbocycles. The molecule has 0 radical (unpaired) electrons. The number of hydrogen-bond acceptors (Lipinski definition) is 1. The molecule has 0 fully saturated rings. The molecule has 2 nitrogen and oxygen atoms in total. The fourth-order valence-corrected chi connectivity index (χ4v) is 1.43. The van der Waals surface area contributed by atoms with Crippen LogP contribution in [0.1, 0.15) is 18.1 Å². The van der Waals surface area contributed by atoms with Crippen molar-refractivity contribution in [1.82, 2.24) is 0 Å². The lowest BCUT2D eigenvalue weighted by Crippen LogP contribution is -2.11. The molecule has 0 aliphatic carbocycles. The molecule has 0 aliphatic heterocycles. The van der Waals surface area contributed by atoms with Crippen molar-refractivity contribution in [2.75, 3.05) is 0 Å². The summed E-state index contributed by atoms with van der Waals surface area (Å²) in [5.74, 6) is -8.97. The molecule has 0 saturated heterocycles. The largest absolute Gasteiger partial charge is 0.478 e. The number of carboxylic acids is 1. The van der Waals surface area contributed by atoms with Gasteiger partial charge < -0.3 is 5.11 Å². The van der Waals surface area contributed by atoms with Crippen molar-refractivity contribution in [3.63, 3.8) is 0 Å².